The van der Waals surface area contributed by atoms with Crippen molar-refractivity contribution in [3.8, 4) is 22.6 Å². The zero-order chi connectivity index (χ0) is 25.1. The van der Waals surface area contributed by atoms with E-state index in [0.29, 0.717) is 0 Å². The van der Waals surface area contributed by atoms with Crippen LogP contribution in [-0.4, -0.2) is 40.3 Å². The molecule has 36 heavy (non-hydrogen) atoms. The molecule has 2 atom stereocenters. The molecule has 0 heterocycles. The Kier molecular flexibility index (Phi) is 7.09. The van der Waals surface area contributed by atoms with E-state index in [0.717, 1.165) is 34.8 Å². The normalized spacial score (nSPS) is 17.4. The van der Waals surface area contributed by atoms with Gasteiger partial charge in [0.2, 0.25) is 0 Å². The van der Waals surface area contributed by atoms with Gasteiger partial charge in [0.05, 0.1) is 26.9 Å². The number of hydrogen-bond donors (Lipinski definition) is 0. The van der Waals surface area contributed by atoms with E-state index in [-0.39, 0.29) is 6.10 Å². The SMILES string of the molecule is COC1=CC=CC(OC)C1=C[P+](=Cc1c(OC)cccc1OC)c1cccc2c1Cc1ccccc1-2. The summed E-state index contributed by atoms with van der Waals surface area (Å²) in [7, 11) is 5.88. The number of methoxy groups -OCH3 is 4. The van der Waals surface area contributed by atoms with Crippen LogP contribution in [0.2, 0.25) is 0 Å². The van der Waals surface area contributed by atoms with Gasteiger partial charge in [0.15, 0.2) is 12.8 Å². The summed E-state index contributed by atoms with van der Waals surface area (Å²) in [6, 6.07) is 21.2. The maximum atomic E-state index is 5.83. The Morgan fingerprint density at radius 3 is 2.25 bits per heavy atom. The average Bonchev–Trinajstić information content (AvgIpc) is 3.31. The first kappa shape index (κ1) is 24.1. The predicted molar refractivity (Wildman–Crippen MR) is 149 cm³/mol. The van der Waals surface area contributed by atoms with E-state index in [2.05, 4.69) is 60.2 Å². The standard InChI is InChI=1S/C31H30O4P/c1-32-27-13-8-14-28(33-2)25(27)19-36(20-26-29(34-3)15-9-16-30(26)35-4)31-17-7-12-23-22-11-6-5-10-21(22)18-24(23)31/h5-17,19-20,27H,18H2,1-4H3/q+1. The Balaban J connectivity index is 1.76. The van der Waals surface area contributed by atoms with E-state index in [1.165, 1.54) is 27.6 Å². The second kappa shape index (κ2) is 10.6. The fourth-order valence-electron chi connectivity index (χ4n) is 4.97. The first-order chi connectivity index (χ1) is 17.7. The monoisotopic (exact) mass is 497 g/mol. The van der Waals surface area contributed by atoms with Gasteiger partial charge in [-0.2, -0.15) is 0 Å². The van der Waals surface area contributed by atoms with Crippen molar-refractivity contribution in [1.29, 1.82) is 0 Å². The molecule has 2 aliphatic carbocycles. The third-order valence-corrected chi connectivity index (χ3v) is 8.78. The summed E-state index contributed by atoms with van der Waals surface area (Å²) in [6.45, 7) is 0. The van der Waals surface area contributed by atoms with Gasteiger partial charge in [-0.05, 0) is 41.0 Å². The lowest BCUT2D eigenvalue weighted by Gasteiger charge is -2.19. The van der Waals surface area contributed by atoms with E-state index in [9.17, 15) is 0 Å². The average molecular weight is 498 g/mol. The van der Waals surface area contributed by atoms with Crippen molar-refractivity contribution >= 4 is 18.6 Å². The number of fused-ring (bicyclic) bond motifs is 3. The zero-order valence-corrected chi connectivity index (χ0v) is 21.9. The molecule has 5 heteroatoms. The van der Waals surface area contributed by atoms with Gasteiger partial charge in [-0.3, -0.25) is 0 Å². The molecule has 0 saturated heterocycles. The highest BCUT2D eigenvalue weighted by molar-refractivity contribution is 7.68. The van der Waals surface area contributed by atoms with Gasteiger partial charge in [-0.1, -0.05) is 54.6 Å². The lowest BCUT2D eigenvalue weighted by Crippen LogP contribution is -2.16. The van der Waals surface area contributed by atoms with Gasteiger partial charge < -0.3 is 18.9 Å². The highest BCUT2D eigenvalue weighted by atomic mass is 31.1. The smallest absolute Gasteiger partial charge is 0.164 e. The molecule has 4 nitrogen and oxygen atoms in total. The fraction of sp³-hybridized carbons (Fsp3) is 0.194. The minimum atomic E-state index is -0.951. The second-order valence-electron chi connectivity index (χ2n) is 8.61. The number of hydrogen-bond acceptors (Lipinski definition) is 4. The lowest BCUT2D eigenvalue weighted by atomic mass is 10.0. The van der Waals surface area contributed by atoms with E-state index >= 15 is 0 Å². The Bertz CT molecular complexity index is 1390. The topological polar surface area (TPSA) is 36.9 Å². The summed E-state index contributed by atoms with van der Waals surface area (Å²) in [5.41, 5.74) is 7.33. The van der Waals surface area contributed by atoms with Crippen molar-refractivity contribution in [3.63, 3.8) is 0 Å². The lowest BCUT2D eigenvalue weighted by molar-refractivity contribution is 0.158. The molecule has 3 aromatic carbocycles. The summed E-state index contributed by atoms with van der Waals surface area (Å²) < 4.78 is 23.1. The Morgan fingerprint density at radius 1 is 0.806 bits per heavy atom. The van der Waals surface area contributed by atoms with Crippen molar-refractivity contribution in [3.05, 3.63) is 113 Å². The van der Waals surface area contributed by atoms with E-state index in [1.54, 1.807) is 28.4 Å². The number of allylic oxidation sites excluding steroid dienone is 2. The Hall–Kier alpha value is -3.59. The highest BCUT2D eigenvalue weighted by Crippen LogP contribution is 2.42. The number of rotatable bonds is 7. The molecule has 0 aromatic heterocycles. The third kappa shape index (κ3) is 4.39. The van der Waals surface area contributed by atoms with Crippen LogP contribution in [0.3, 0.4) is 0 Å². The van der Waals surface area contributed by atoms with Gasteiger partial charge in [0.25, 0.3) is 0 Å². The predicted octanol–water partition coefficient (Wildman–Crippen LogP) is 6.23. The van der Waals surface area contributed by atoms with Crippen LogP contribution in [0.1, 0.15) is 16.7 Å². The summed E-state index contributed by atoms with van der Waals surface area (Å²) in [5, 5.41) is 1.30. The van der Waals surface area contributed by atoms with Crippen LogP contribution in [0.15, 0.2) is 96.0 Å². The Morgan fingerprint density at radius 2 is 1.53 bits per heavy atom. The molecular weight excluding hydrogens is 467 g/mol. The molecule has 0 saturated carbocycles. The summed E-state index contributed by atoms with van der Waals surface area (Å²) >= 11 is 0. The summed E-state index contributed by atoms with van der Waals surface area (Å²) in [5.74, 6) is 6.98. The van der Waals surface area contributed by atoms with E-state index in [1.807, 2.05) is 30.4 Å². The minimum absolute atomic E-state index is 0.183. The third-order valence-electron chi connectivity index (χ3n) is 6.71. The summed E-state index contributed by atoms with van der Waals surface area (Å²) in [4.78, 5) is 0. The first-order valence-electron chi connectivity index (χ1n) is 11.9. The van der Waals surface area contributed by atoms with Crippen LogP contribution in [0.25, 0.3) is 11.1 Å². The molecule has 5 rings (SSSR count). The Labute approximate surface area is 213 Å². The van der Waals surface area contributed by atoms with Crippen LogP contribution in [0.4, 0.5) is 0 Å². The minimum Gasteiger partial charge on any atom is -0.496 e. The second-order valence-corrected chi connectivity index (χ2v) is 10.4. The van der Waals surface area contributed by atoms with E-state index in [4.69, 9.17) is 18.9 Å². The molecule has 0 amide bonds. The molecule has 2 aliphatic rings. The number of ether oxygens (including phenoxy) is 4. The van der Waals surface area contributed by atoms with Gasteiger partial charge in [0, 0.05) is 19.1 Å². The van der Waals surface area contributed by atoms with Gasteiger partial charge in [0.1, 0.15) is 40.5 Å². The van der Waals surface area contributed by atoms with Gasteiger partial charge >= 0.3 is 0 Å². The molecule has 0 radical (unpaired) electrons. The first-order valence-corrected chi connectivity index (χ1v) is 13.4. The molecule has 182 valence electrons. The largest absolute Gasteiger partial charge is 0.496 e. The molecule has 0 fully saturated rings. The van der Waals surface area contributed by atoms with Gasteiger partial charge in [-0.25, -0.2) is 0 Å². The molecule has 3 aromatic rings. The van der Waals surface area contributed by atoms with Crippen molar-refractivity contribution < 1.29 is 18.9 Å². The summed E-state index contributed by atoms with van der Waals surface area (Å²) in [6.07, 6.45) is 6.76. The van der Waals surface area contributed by atoms with Crippen LogP contribution >= 0.6 is 7.55 Å². The molecule has 2 unspecified atom stereocenters. The highest BCUT2D eigenvalue weighted by Gasteiger charge is 2.30. The molecular formula is C31H30O4P+. The van der Waals surface area contributed by atoms with Crippen molar-refractivity contribution in [2.75, 3.05) is 28.4 Å². The van der Waals surface area contributed by atoms with Crippen LogP contribution < -0.4 is 14.8 Å². The van der Waals surface area contributed by atoms with Crippen molar-refractivity contribution in [1.82, 2.24) is 0 Å². The fourth-order valence-corrected chi connectivity index (χ4v) is 7.20. The number of benzene rings is 3. The van der Waals surface area contributed by atoms with E-state index < -0.39 is 7.55 Å². The van der Waals surface area contributed by atoms with Crippen LogP contribution in [0.5, 0.6) is 11.5 Å². The van der Waals surface area contributed by atoms with Crippen molar-refractivity contribution in [2.24, 2.45) is 0 Å². The maximum Gasteiger partial charge on any atom is 0.164 e. The van der Waals surface area contributed by atoms with Crippen LogP contribution in [-0.2, 0) is 15.9 Å². The zero-order valence-electron chi connectivity index (χ0n) is 21.0. The quantitative estimate of drug-likeness (QED) is 0.284. The van der Waals surface area contributed by atoms with Crippen LogP contribution in [0, 0.1) is 0 Å². The molecule has 0 spiro atoms. The molecule has 0 N–H and O–H groups in total. The maximum absolute atomic E-state index is 5.83. The van der Waals surface area contributed by atoms with Crippen molar-refractivity contribution in [2.45, 2.75) is 12.5 Å². The van der Waals surface area contributed by atoms with Gasteiger partial charge in [-0.15, -0.1) is 0 Å². The molecule has 0 aliphatic heterocycles. The molecule has 0 bridgehead atoms.